The van der Waals surface area contributed by atoms with Gasteiger partial charge in [0.05, 0.1) is 10.6 Å². The number of nitrogens with zero attached hydrogens (tertiary/aromatic N) is 2. The second-order valence-corrected chi connectivity index (χ2v) is 10.7. The highest BCUT2D eigenvalue weighted by molar-refractivity contribution is 7.92. The number of carbonyl (C=O) groups is 2. The van der Waals surface area contributed by atoms with Crippen molar-refractivity contribution in [1.29, 1.82) is 0 Å². The van der Waals surface area contributed by atoms with Crippen LogP contribution in [0.15, 0.2) is 83.8 Å². The molecule has 0 aliphatic rings. The van der Waals surface area contributed by atoms with Gasteiger partial charge in [-0.05, 0) is 67.4 Å². The van der Waals surface area contributed by atoms with Crippen molar-refractivity contribution in [2.75, 3.05) is 17.4 Å². The van der Waals surface area contributed by atoms with E-state index in [0.29, 0.717) is 23.6 Å². The third-order valence-corrected chi connectivity index (χ3v) is 7.71. The average molecular weight is 546 g/mol. The fourth-order valence-electron chi connectivity index (χ4n) is 3.67. The molecule has 0 aliphatic carbocycles. The second kappa shape index (κ2) is 12.7. The number of halogens is 2. The molecule has 0 unspecified atom stereocenters. The van der Waals surface area contributed by atoms with Crippen LogP contribution in [0.1, 0.15) is 25.8 Å². The highest BCUT2D eigenvalue weighted by Gasteiger charge is 2.32. The summed E-state index contributed by atoms with van der Waals surface area (Å²) in [4.78, 5) is 27.8. The van der Waals surface area contributed by atoms with Gasteiger partial charge in [0.2, 0.25) is 11.8 Å². The Morgan fingerprint density at radius 1 is 1.00 bits per heavy atom. The van der Waals surface area contributed by atoms with Crippen LogP contribution in [0.3, 0.4) is 0 Å². The molecule has 0 aliphatic heterocycles. The minimum atomic E-state index is -4.19. The number of nitrogens with one attached hydrogen (secondary N) is 1. The van der Waals surface area contributed by atoms with E-state index in [-0.39, 0.29) is 23.0 Å². The number of benzene rings is 3. The van der Waals surface area contributed by atoms with E-state index in [0.717, 1.165) is 16.4 Å². The van der Waals surface area contributed by atoms with Crippen molar-refractivity contribution in [3.05, 3.63) is 95.3 Å². The molecule has 0 saturated carbocycles. The van der Waals surface area contributed by atoms with E-state index in [1.165, 1.54) is 29.2 Å². The van der Waals surface area contributed by atoms with Crippen molar-refractivity contribution in [2.24, 2.45) is 0 Å². The van der Waals surface area contributed by atoms with Gasteiger partial charge in [-0.3, -0.25) is 13.9 Å². The maximum atomic E-state index is 13.7. The quantitative estimate of drug-likeness (QED) is 0.381. The minimum Gasteiger partial charge on any atom is -0.354 e. The lowest BCUT2D eigenvalue weighted by Gasteiger charge is -2.32. The van der Waals surface area contributed by atoms with Crippen LogP contribution in [-0.2, 0) is 26.2 Å². The molecule has 1 N–H and O–H groups in total. The van der Waals surface area contributed by atoms with Crippen molar-refractivity contribution in [3.8, 4) is 0 Å². The molecule has 196 valence electrons. The average Bonchev–Trinajstić information content (AvgIpc) is 2.89. The molecule has 0 spiro atoms. The maximum absolute atomic E-state index is 13.7. The van der Waals surface area contributed by atoms with E-state index in [4.69, 9.17) is 11.6 Å². The highest BCUT2D eigenvalue weighted by atomic mass is 35.5. The summed E-state index contributed by atoms with van der Waals surface area (Å²) >= 11 is 6.12. The van der Waals surface area contributed by atoms with Gasteiger partial charge in [-0.1, -0.05) is 48.9 Å². The normalized spacial score (nSPS) is 12.0. The molecule has 0 fully saturated rings. The molecule has 7 nitrogen and oxygen atoms in total. The topological polar surface area (TPSA) is 86.8 Å². The molecule has 10 heteroatoms. The van der Waals surface area contributed by atoms with Crippen LogP contribution < -0.4 is 9.62 Å². The number of anilines is 1. The van der Waals surface area contributed by atoms with Crippen LogP contribution in [0.2, 0.25) is 5.02 Å². The molecular weight excluding hydrogens is 517 g/mol. The summed E-state index contributed by atoms with van der Waals surface area (Å²) < 4.78 is 41.7. The minimum absolute atomic E-state index is 0.0257. The smallest absolute Gasteiger partial charge is 0.264 e. The van der Waals surface area contributed by atoms with E-state index in [1.807, 2.05) is 6.92 Å². The Hall–Kier alpha value is -3.43. The summed E-state index contributed by atoms with van der Waals surface area (Å²) in [5.41, 5.74) is 0.791. The molecule has 0 saturated heterocycles. The standard InChI is InChI=1S/C27H29ClFN3O4S/c1-3-16-30-27(34)20(2)31(18-21-8-7-9-22(28)17-21)26(33)19-32(24-14-12-23(29)13-15-24)37(35,36)25-10-5-4-6-11-25/h4-15,17,20H,3,16,18-19H2,1-2H3,(H,30,34)/t20-/m1/s1. The van der Waals surface area contributed by atoms with Gasteiger partial charge >= 0.3 is 0 Å². The van der Waals surface area contributed by atoms with Crippen LogP contribution in [-0.4, -0.2) is 44.3 Å². The summed E-state index contributed by atoms with van der Waals surface area (Å²) in [5.74, 6) is -1.52. The summed E-state index contributed by atoms with van der Waals surface area (Å²) in [7, 11) is -4.19. The molecule has 2 amide bonds. The van der Waals surface area contributed by atoms with Gasteiger partial charge in [-0.15, -0.1) is 0 Å². The molecule has 0 radical (unpaired) electrons. The lowest BCUT2D eigenvalue weighted by atomic mass is 10.1. The SMILES string of the molecule is CCCNC(=O)[C@@H](C)N(Cc1cccc(Cl)c1)C(=O)CN(c1ccc(F)cc1)S(=O)(=O)c1ccccc1. The van der Waals surface area contributed by atoms with Crippen LogP contribution in [0.5, 0.6) is 0 Å². The Labute approximate surface area is 221 Å². The summed E-state index contributed by atoms with van der Waals surface area (Å²) in [6, 6.07) is 18.5. The fraction of sp³-hybridized carbons (Fsp3) is 0.259. The Balaban J connectivity index is 2.00. The number of hydrogen-bond donors (Lipinski definition) is 1. The van der Waals surface area contributed by atoms with Crippen molar-refractivity contribution >= 4 is 39.1 Å². The van der Waals surface area contributed by atoms with Gasteiger partial charge in [0.15, 0.2) is 0 Å². The predicted molar refractivity (Wildman–Crippen MR) is 142 cm³/mol. The largest absolute Gasteiger partial charge is 0.354 e. The third kappa shape index (κ3) is 7.30. The van der Waals surface area contributed by atoms with E-state index >= 15 is 0 Å². The van der Waals surface area contributed by atoms with Crippen molar-refractivity contribution < 1.29 is 22.4 Å². The zero-order valence-electron chi connectivity index (χ0n) is 20.6. The van der Waals surface area contributed by atoms with E-state index in [1.54, 1.807) is 49.4 Å². The van der Waals surface area contributed by atoms with Crippen LogP contribution in [0, 0.1) is 5.82 Å². The molecule has 0 aromatic heterocycles. The van der Waals surface area contributed by atoms with E-state index in [2.05, 4.69) is 5.32 Å². The van der Waals surface area contributed by atoms with Crippen LogP contribution in [0.4, 0.5) is 10.1 Å². The van der Waals surface area contributed by atoms with Crippen molar-refractivity contribution in [2.45, 2.75) is 37.8 Å². The highest BCUT2D eigenvalue weighted by Crippen LogP contribution is 2.25. The first kappa shape index (κ1) is 28.1. The van der Waals surface area contributed by atoms with Crippen LogP contribution >= 0.6 is 11.6 Å². The second-order valence-electron chi connectivity index (χ2n) is 8.42. The first-order valence-corrected chi connectivity index (χ1v) is 13.6. The molecule has 1 atom stereocenters. The Morgan fingerprint density at radius 3 is 2.30 bits per heavy atom. The monoisotopic (exact) mass is 545 g/mol. The Bertz CT molecular complexity index is 1320. The van der Waals surface area contributed by atoms with Gasteiger partial charge < -0.3 is 10.2 Å². The fourth-order valence-corrected chi connectivity index (χ4v) is 5.31. The molecule has 3 rings (SSSR count). The van der Waals surface area contributed by atoms with Crippen molar-refractivity contribution in [3.63, 3.8) is 0 Å². The van der Waals surface area contributed by atoms with Gasteiger partial charge in [-0.2, -0.15) is 0 Å². The Morgan fingerprint density at radius 2 is 1.68 bits per heavy atom. The Kier molecular flexibility index (Phi) is 9.66. The zero-order chi connectivity index (χ0) is 27.0. The van der Waals surface area contributed by atoms with Gasteiger partial charge in [0.25, 0.3) is 10.0 Å². The summed E-state index contributed by atoms with van der Waals surface area (Å²) in [6.07, 6.45) is 0.717. The maximum Gasteiger partial charge on any atom is 0.264 e. The number of carbonyl (C=O) groups excluding carboxylic acids is 2. The predicted octanol–water partition coefficient (Wildman–Crippen LogP) is 4.62. The number of sulfonamides is 1. The molecule has 0 bridgehead atoms. The molecule has 3 aromatic carbocycles. The van der Waals surface area contributed by atoms with Crippen molar-refractivity contribution in [1.82, 2.24) is 10.2 Å². The third-order valence-electron chi connectivity index (χ3n) is 5.68. The number of hydrogen-bond acceptors (Lipinski definition) is 4. The van der Waals surface area contributed by atoms with Gasteiger partial charge in [-0.25, -0.2) is 12.8 Å². The van der Waals surface area contributed by atoms with Gasteiger partial charge in [0.1, 0.15) is 18.4 Å². The van der Waals surface area contributed by atoms with Crippen LogP contribution in [0.25, 0.3) is 0 Å². The molecule has 37 heavy (non-hydrogen) atoms. The first-order valence-electron chi connectivity index (χ1n) is 11.8. The molecule has 3 aromatic rings. The summed E-state index contributed by atoms with van der Waals surface area (Å²) in [6.45, 7) is 3.36. The number of rotatable bonds is 11. The lowest BCUT2D eigenvalue weighted by molar-refractivity contribution is -0.139. The molecule has 0 heterocycles. The summed E-state index contributed by atoms with van der Waals surface area (Å²) in [5, 5.41) is 3.24. The zero-order valence-corrected chi connectivity index (χ0v) is 22.2. The lowest BCUT2D eigenvalue weighted by Crippen LogP contribution is -2.51. The molecular formula is C27H29ClFN3O4S. The van der Waals surface area contributed by atoms with E-state index < -0.39 is 34.3 Å². The van der Waals surface area contributed by atoms with E-state index in [9.17, 15) is 22.4 Å². The first-order chi connectivity index (χ1) is 17.6. The van der Waals surface area contributed by atoms with Gasteiger partial charge in [0, 0.05) is 18.1 Å². The number of amides is 2.